The molecule has 0 bridgehead atoms. The molecule has 0 saturated heterocycles. The van der Waals surface area contributed by atoms with Gasteiger partial charge in [0.05, 0.1) is 33.2 Å². The second-order valence-electron chi connectivity index (χ2n) is 5.05. The zero-order valence-corrected chi connectivity index (χ0v) is 15.4. The van der Waals surface area contributed by atoms with Gasteiger partial charge in [-0.1, -0.05) is 41.4 Å². The molecule has 6 nitrogen and oxygen atoms in total. The number of anilines is 2. The molecule has 0 fully saturated rings. The van der Waals surface area contributed by atoms with Crippen LogP contribution in [0.25, 0.3) is 0 Å². The van der Waals surface area contributed by atoms with Gasteiger partial charge in [-0.2, -0.15) is 5.26 Å². The Hall–Kier alpha value is -2.27. The molecule has 2 aromatic rings. The van der Waals surface area contributed by atoms with Crippen LogP contribution in [0.2, 0.25) is 10.0 Å². The van der Waals surface area contributed by atoms with Crippen molar-refractivity contribution < 1.29 is 13.2 Å². The Bertz CT molecular complexity index is 955. The van der Waals surface area contributed by atoms with Crippen molar-refractivity contribution in [2.75, 3.05) is 22.4 Å². The molecule has 25 heavy (non-hydrogen) atoms. The zero-order valence-electron chi connectivity index (χ0n) is 13.0. The summed E-state index contributed by atoms with van der Waals surface area (Å²) in [5.41, 5.74) is 0.656. The highest BCUT2D eigenvalue weighted by atomic mass is 35.5. The first kappa shape index (κ1) is 19.1. The van der Waals surface area contributed by atoms with Crippen LogP contribution in [-0.4, -0.2) is 27.1 Å². The van der Waals surface area contributed by atoms with E-state index in [1.165, 1.54) is 24.3 Å². The molecule has 0 aliphatic heterocycles. The summed E-state index contributed by atoms with van der Waals surface area (Å²) >= 11 is 12.0. The van der Waals surface area contributed by atoms with Gasteiger partial charge in [-0.15, -0.1) is 0 Å². The number of nitrogens with zero attached hydrogens (tertiary/aromatic N) is 2. The molecule has 1 N–H and O–H groups in total. The van der Waals surface area contributed by atoms with Gasteiger partial charge in [0.2, 0.25) is 15.9 Å². The van der Waals surface area contributed by atoms with E-state index in [0.29, 0.717) is 5.69 Å². The van der Waals surface area contributed by atoms with Crippen LogP contribution in [0.1, 0.15) is 5.56 Å². The Kier molecular flexibility index (Phi) is 5.90. The van der Waals surface area contributed by atoms with Gasteiger partial charge in [0.25, 0.3) is 0 Å². The molecule has 0 spiro atoms. The van der Waals surface area contributed by atoms with E-state index in [0.717, 1.165) is 10.6 Å². The molecule has 0 radical (unpaired) electrons. The predicted molar refractivity (Wildman–Crippen MR) is 98.4 cm³/mol. The van der Waals surface area contributed by atoms with Crippen molar-refractivity contribution in [1.29, 1.82) is 5.26 Å². The van der Waals surface area contributed by atoms with E-state index in [2.05, 4.69) is 5.32 Å². The Balaban J connectivity index is 2.31. The first-order valence-electron chi connectivity index (χ1n) is 6.94. The van der Waals surface area contributed by atoms with Crippen molar-refractivity contribution in [3.63, 3.8) is 0 Å². The molecule has 0 heterocycles. The number of benzene rings is 2. The van der Waals surface area contributed by atoms with Crippen LogP contribution in [0.4, 0.5) is 11.4 Å². The summed E-state index contributed by atoms with van der Waals surface area (Å²) in [6.45, 7) is -0.515. The second kappa shape index (κ2) is 7.74. The van der Waals surface area contributed by atoms with Crippen LogP contribution in [0.5, 0.6) is 0 Å². The minimum Gasteiger partial charge on any atom is -0.323 e. The van der Waals surface area contributed by atoms with Crippen molar-refractivity contribution in [2.24, 2.45) is 0 Å². The highest BCUT2D eigenvalue weighted by Gasteiger charge is 2.24. The van der Waals surface area contributed by atoms with Crippen LogP contribution in [-0.2, 0) is 14.8 Å². The molecule has 0 saturated carbocycles. The third kappa shape index (κ3) is 4.63. The lowest BCUT2D eigenvalue weighted by molar-refractivity contribution is -0.114. The van der Waals surface area contributed by atoms with Gasteiger partial charge in [0.1, 0.15) is 12.6 Å². The number of carbonyl (C=O) groups excluding carboxylic acids is 1. The van der Waals surface area contributed by atoms with Crippen molar-refractivity contribution in [3.8, 4) is 6.07 Å². The third-order valence-electron chi connectivity index (χ3n) is 3.21. The van der Waals surface area contributed by atoms with Gasteiger partial charge in [0.15, 0.2) is 0 Å². The standard InChI is InChI=1S/C16H13Cl2N3O3S/c1-25(23,24)21(14-8-4-6-12(17)16(14)18)10-15(22)20-13-7-3-2-5-11(13)9-19/h2-8H,10H2,1H3,(H,20,22). The lowest BCUT2D eigenvalue weighted by Gasteiger charge is -2.23. The van der Waals surface area contributed by atoms with E-state index in [1.54, 1.807) is 18.2 Å². The molecule has 0 aliphatic rings. The van der Waals surface area contributed by atoms with Crippen molar-refractivity contribution >= 4 is 50.5 Å². The number of sulfonamides is 1. The number of carbonyl (C=O) groups is 1. The molecule has 0 atom stereocenters. The molecular formula is C16H13Cl2N3O3S. The minimum atomic E-state index is -3.80. The SMILES string of the molecule is CS(=O)(=O)N(CC(=O)Nc1ccccc1C#N)c1cccc(Cl)c1Cl. The summed E-state index contributed by atoms with van der Waals surface area (Å²) in [5.74, 6) is -0.621. The Morgan fingerprint density at radius 1 is 1.20 bits per heavy atom. The maximum Gasteiger partial charge on any atom is 0.245 e. The number of rotatable bonds is 5. The van der Waals surface area contributed by atoms with Crippen LogP contribution in [0, 0.1) is 11.3 Å². The van der Waals surface area contributed by atoms with Gasteiger partial charge < -0.3 is 5.32 Å². The number of para-hydroxylation sites is 1. The van der Waals surface area contributed by atoms with E-state index in [9.17, 15) is 13.2 Å². The first-order chi connectivity index (χ1) is 11.7. The second-order valence-corrected chi connectivity index (χ2v) is 7.74. The highest BCUT2D eigenvalue weighted by molar-refractivity contribution is 7.92. The fourth-order valence-electron chi connectivity index (χ4n) is 2.08. The Morgan fingerprint density at radius 2 is 1.88 bits per heavy atom. The fraction of sp³-hybridized carbons (Fsp3) is 0.125. The summed E-state index contributed by atoms with van der Waals surface area (Å²) < 4.78 is 25.0. The van der Waals surface area contributed by atoms with E-state index < -0.39 is 22.5 Å². The van der Waals surface area contributed by atoms with E-state index >= 15 is 0 Å². The Labute approximate surface area is 155 Å². The number of nitriles is 1. The molecule has 1 amide bonds. The molecule has 0 aromatic heterocycles. The van der Waals surface area contributed by atoms with Crippen LogP contribution in [0.15, 0.2) is 42.5 Å². The molecular weight excluding hydrogens is 385 g/mol. The van der Waals surface area contributed by atoms with Gasteiger partial charge in [0, 0.05) is 0 Å². The third-order valence-corrected chi connectivity index (χ3v) is 5.14. The lowest BCUT2D eigenvalue weighted by atomic mass is 10.2. The topological polar surface area (TPSA) is 90.3 Å². The molecule has 0 unspecified atom stereocenters. The van der Waals surface area contributed by atoms with E-state index in [1.807, 2.05) is 6.07 Å². The quantitative estimate of drug-likeness (QED) is 0.837. The summed E-state index contributed by atoms with van der Waals surface area (Å²) in [6.07, 6.45) is 0.959. The maximum atomic E-state index is 12.3. The lowest BCUT2D eigenvalue weighted by Crippen LogP contribution is -2.37. The van der Waals surface area contributed by atoms with Crippen LogP contribution < -0.4 is 9.62 Å². The number of amides is 1. The van der Waals surface area contributed by atoms with Crippen LogP contribution >= 0.6 is 23.2 Å². The van der Waals surface area contributed by atoms with E-state index in [-0.39, 0.29) is 21.3 Å². The number of hydrogen-bond acceptors (Lipinski definition) is 4. The van der Waals surface area contributed by atoms with Gasteiger partial charge in [-0.3, -0.25) is 9.10 Å². The summed E-state index contributed by atoms with van der Waals surface area (Å²) in [6, 6.07) is 12.8. The maximum absolute atomic E-state index is 12.3. The molecule has 0 aliphatic carbocycles. The van der Waals surface area contributed by atoms with Crippen molar-refractivity contribution in [1.82, 2.24) is 0 Å². The zero-order chi connectivity index (χ0) is 18.6. The normalized spacial score (nSPS) is 10.8. The molecule has 130 valence electrons. The number of halogens is 2. The fourth-order valence-corrected chi connectivity index (χ4v) is 3.38. The van der Waals surface area contributed by atoms with E-state index in [4.69, 9.17) is 28.5 Å². The predicted octanol–water partition coefficient (Wildman–Crippen LogP) is 3.27. The molecule has 9 heteroatoms. The van der Waals surface area contributed by atoms with Gasteiger partial charge in [-0.25, -0.2) is 8.42 Å². The summed E-state index contributed by atoms with van der Waals surface area (Å²) in [4.78, 5) is 12.3. The average Bonchev–Trinajstić information content (AvgIpc) is 2.55. The highest BCUT2D eigenvalue weighted by Crippen LogP contribution is 2.33. The molecule has 2 rings (SSSR count). The molecule has 2 aromatic carbocycles. The van der Waals surface area contributed by atoms with Gasteiger partial charge in [-0.05, 0) is 24.3 Å². The number of nitrogens with one attached hydrogen (secondary N) is 1. The minimum absolute atomic E-state index is 0.0276. The monoisotopic (exact) mass is 397 g/mol. The van der Waals surface area contributed by atoms with Crippen LogP contribution in [0.3, 0.4) is 0 Å². The van der Waals surface area contributed by atoms with Gasteiger partial charge >= 0.3 is 0 Å². The van der Waals surface area contributed by atoms with Crippen molar-refractivity contribution in [2.45, 2.75) is 0 Å². The Morgan fingerprint density at radius 3 is 2.52 bits per heavy atom. The number of hydrogen-bond donors (Lipinski definition) is 1. The summed E-state index contributed by atoms with van der Waals surface area (Å²) in [5, 5.41) is 11.8. The smallest absolute Gasteiger partial charge is 0.245 e. The first-order valence-corrected chi connectivity index (χ1v) is 9.55. The average molecular weight is 398 g/mol. The van der Waals surface area contributed by atoms with Crippen molar-refractivity contribution in [3.05, 3.63) is 58.1 Å². The largest absolute Gasteiger partial charge is 0.323 e. The summed E-state index contributed by atoms with van der Waals surface area (Å²) in [7, 11) is -3.80.